The number of nitrogens with two attached hydrogens (primary N) is 1. The fourth-order valence-electron chi connectivity index (χ4n) is 4.17. The quantitative estimate of drug-likeness (QED) is 0.368. The Hall–Kier alpha value is -3.00. The Morgan fingerprint density at radius 2 is 1.91 bits per heavy atom. The van der Waals surface area contributed by atoms with Gasteiger partial charge in [0.1, 0.15) is 17.8 Å². The molecule has 2 atom stereocenters. The van der Waals surface area contributed by atoms with E-state index >= 15 is 0 Å². The van der Waals surface area contributed by atoms with E-state index in [-0.39, 0.29) is 0 Å². The Bertz CT molecular complexity index is 1290. The van der Waals surface area contributed by atoms with Gasteiger partial charge in [-0.3, -0.25) is 4.98 Å². The molecule has 1 aliphatic carbocycles. The fourth-order valence-corrected chi connectivity index (χ4v) is 4.33. The summed E-state index contributed by atoms with van der Waals surface area (Å²) in [5, 5.41) is 18.8. The third kappa shape index (κ3) is 5.87. The number of nitrogens with zero attached hydrogens (tertiary/aromatic N) is 4. The molecule has 0 unspecified atom stereocenters. The Balaban J connectivity index is 0.000000471. The third-order valence-corrected chi connectivity index (χ3v) is 5.82. The van der Waals surface area contributed by atoms with Crippen molar-refractivity contribution in [1.29, 1.82) is 0 Å². The van der Waals surface area contributed by atoms with E-state index in [1.54, 1.807) is 12.5 Å². The molecule has 0 amide bonds. The molecule has 0 aliphatic heterocycles. The number of benzene rings is 1. The molecule has 0 radical (unpaired) electrons. The highest BCUT2D eigenvalue weighted by Gasteiger charge is 2.25. The number of rotatable bonds is 3. The molecule has 172 valence electrons. The molecule has 3 heterocycles. The zero-order chi connectivity index (χ0) is 23.6. The van der Waals surface area contributed by atoms with Gasteiger partial charge in [0.25, 0.3) is 0 Å². The van der Waals surface area contributed by atoms with Crippen LogP contribution in [0.4, 0.5) is 5.82 Å². The van der Waals surface area contributed by atoms with Crippen molar-refractivity contribution in [2.24, 2.45) is 5.92 Å². The molecule has 4 N–H and O–H groups in total. The largest absolute Gasteiger partial charge is 0.383 e. The predicted octanol–water partition coefficient (Wildman–Crippen LogP) is 4.98. The number of halogens is 1. The SMILES string of the molecule is CC(C)(O)O.Nc1ncnc2c1ccn2[C@H]1CC[C@@H](/C=C/c2ccc3cc(Cl)cnc3c2)C1. The van der Waals surface area contributed by atoms with Gasteiger partial charge in [0, 0.05) is 23.8 Å². The normalized spacial score (nSPS) is 18.7. The molecule has 1 aromatic carbocycles. The van der Waals surface area contributed by atoms with E-state index in [1.807, 2.05) is 12.1 Å². The van der Waals surface area contributed by atoms with Crippen LogP contribution in [-0.4, -0.2) is 35.5 Å². The van der Waals surface area contributed by atoms with Crippen molar-refractivity contribution >= 4 is 45.4 Å². The van der Waals surface area contributed by atoms with Crippen LogP contribution in [0, 0.1) is 5.92 Å². The van der Waals surface area contributed by atoms with Crippen LogP contribution < -0.4 is 5.73 Å². The average Bonchev–Trinajstić information content (AvgIpc) is 3.38. The Kier molecular flexibility index (Phi) is 6.65. The van der Waals surface area contributed by atoms with Crippen LogP contribution in [0.15, 0.2) is 55.1 Å². The summed E-state index contributed by atoms with van der Waals surface area (Å²) < 4.78 is 2.25. The van der Waals surface area contributed by atoms with Crippen molar-refractivity contribution in [3.63, 3.8) is 0 Å². The summed E-state index contributed by atoms with van der Waals surface area (Å²) in [6.45, 7) is 2.60. The number of pyridine rings is 1. The summed E-state index contributed by atoms with van der Waals surface area (Å²) in [6, 6.07) is 10.7. The molecule has 1 fully saturated rings. The highest BCUT2D eigenvalue weighted by molar-refractivity contribution is 6.31. The molecule has 1 aliphatic rings. The second-order valence-corrected chi connectivity index (χ2v) is 9.34. The lowest BCUT2D eigenvalue weighted by Crippen LogP contribution is -2.15. The van der Waals surface area contributed by atoms with Gasteiger partial charge in [-0.2, -0.15) is 0 Å². The minimum absolute atomic E-state index is 0.446. The number of allylic oxidation sites excluding steroid dienone is 1. The first-order valence-electron chi connectivity index (χ1n) is 10.9. The van der Waals surface area contributed by atoms with Gasteiger partial charge in [0.15, 0.2) is 5.79 Å². The number of hydrogen-bond donors (Lipinski definition) is 3. The number of aliphatic hydroxyl groups is 2. The zero-order valence-electron chi connectivity index (χ0n) is 18.7. The minimum atomic E-state index is -1.50. The molecule has 4 aromatic rings. The van der Waals surface area contributed by atoms with Crippen molar-refractivity contribution in [2.45, 2.75) is 44.9 Å². The molecule has 1 saturated carbocycles. The molecule has 8 heteroatoms. The van der Waals surface area contributed by atoms with Gasteiger partial charge < -0.3 is 20.5 Å². The van der Waals surface area contributed by atoms with Crippen LogP contribution in [0.25, 0.3) is 28.0 Å². The summed E-state index contributed by atoms with van der Waals surface area (Å²) in [4.78, 5) is 12.9. The van der Waals surface area contributed by atoms with Gasteiger partial charge in [0.2, 0.25) is 0 Å². The number of fused-ring (bicyclic) bond motifs is 2. The van der Waals surface area contributed by atoms with Crippen LogP contribution in [0.2, 0.25) is 5.02 Å². The maximum absolute atomic E-state index is 8.08. The maximum Gasteiger partial charge on any atom is 0.156 e. The van der Waals surface area contributed by atoms with Crippen molar-refractivity contribution < 1.29 is 10.2 Å². The topological polar surface area (TPSA) is 110 Å². The van der Waals surface area contributed by atoms with Crippen molar-refractivity contribution in [3.8, 4) is 0 Å². The molecule has 33 heavy (non-hydrogen) atoms. The van der Waals surface area contributed by atoms with E-state index in [4.69, 9.17) is 27.5 Å². The lowest BCUT2D eigenvalue weighted by molar-refractivity contribution is -0.127. The summed E-state index contributed by atoms with van der Waals surface area (Å²) in [6.07, 6.45) is 13.3. The minimum Gasteiger partial charge on any atom is -0.383 e. The van der Waals surface area contributed by atoms with E-state index in [1.165, 1.54) is 20.3 Å². The fraction of sp³-hybridized carbons (Fsp3) is 0.320. The first-order valence-corrected chi connectivity index (χ1v) is 11.3. The molecule has 0 saturated heterocycles. The van der Waals surface area contributed by atoms with E-state index in [0.717, 1.165) is 40.3 Å². The first kappa shape index (κ1) is 23.2. The summed E-state index contributed by atoms with van der Waals surface area (Å²) in [7, 11) is 0. The van der Waals surface area contributed by atoms with Crippen molar-refractivity contribution in [3.05, 3.63) is 65.7 Å². The van der Waals surface area contributed by atoms with Gasteiger partial charge in [-0.1, -0.05) is 35.9 Å². The van der Waals surface area contributed by atoms with Crippen molar-refractivity contribution in [2.75, 3.05) is 5.73 Å². The van der Waals surface area contributed by atoms with Crippen LogP contribution in [0.3, 0.4) is 0 Å². The highest BCUT2D eigenvalue weighted by atomic mass is 35.5. The zero-order valence-corrected chi connectivity index (χ0v) is 19.4. The van der Waals surface area contributed by atoms with Gasteiger partial charge in [-0.05, 0) is 62.8 Å². The average molecular weight is 466 g/mol. The van der Waals surface area contributed by atoms with Crippen LogP contribution >= 0.6 is 11.6 Å². The number of aromatic nitrogens is 4. The van der Waals surface area contributed by atoms with Crippen molar-refractivity contribution in [1.82, 2.24) is 19.5 Å². The Morgan fingerprint density at radius 3 is 2.70 bits per heavy atom. The molecule has 0 bridgehead atoms. The monoisotopic (exact) mass is 465 g/mol. The van der Waals surface area contributed by atoms with Gasteiger partial charge in [-0.25, -0.2) is 9.97 Å². The highest BCUT2D eigenvalue weighted by Crippen LogP contribution is 2.37. The molecular formula is C25H28ClN5O2. The van der Waals surface area contributed by atoms with Crippen LogP contribution in [-0.2, 0) is 0 Å². The molecule has 5 rings (SSSR count). The second-order valence-electron chi connectivity index (χ2n) is 8.91. The van der Waals surface area contributed by atoms with E-state index < -0.39 is 5.79 Å². The van der Waals surface area contributed by atoms with E-state index in [2.05, 4.69) is 56.1 Å². The molecule has 3 aromatic heterocycles. The first-order chi connectivity index (χ1) is 15.7. The van der Waals surface area contributed by atoms with E-state index in [9.17, 15) is 0 Å². The number of nitrogen functional groups attached to an aromatic ring is 1. The van der Waals surface area contributed by atoms with Crippen LogP contribution in [0.1, 0.15) is 44.7 Å². The molecular weight excluding hydrogens is 438 g/mol. The number of anilines is 1. The van der Waals surface area contributed by atoms with Gasteiger partial charge >= 0.3 is 0 Å². The third-order valence-electron chi connectivity index (χ3n) is 5.61. The lowest BCUT2D eigenvalue weighted by Gasteiger charge is -2.13. The standard InChI is InChI=1S/C22H20ClN5.C3H8O2/c23-17-11-16-5-3-15(10-20(16)25-12-17)2-1-14-4-6-18(9-14)28-8-7-19-21(24)26-13-27-22(19)28;1-3(2,4)5/h1-3,5,7-8,10-14,18H,4,6,9H2,(H2,24,26,27);4-5H,1-2H3/b2-1+;/t14-,18+;/m1./s1. The molecule has 0 spiro atoms. The Morgan fingerprint density at radius 1 is 1.12 bits per heavy atom. The maximum atomic E-state index is 8.08. The number of hydrogen-bond acceptors (Lipinski definition) is 6. The second kappa shape index (κ2) is 9.47. The van der Waals surface area contributed by atoms with Gasteiger partial charge in [0.05, 0.1) is 15.9 Å². The lowest BCUT2D eigenvalue weighted by atomic mass is 10.0. The summed E-state index contributed by atoms with van der Waals surface area (Å²) in [5.41, 5.74) is 9.03. The van der Waals surface area contributed by atoms with E-state index in [0.29, 0.717) is 22.8 Å². The summed E-state index contributed by atoms with van der Waals surface area (Å²) in [5.74, 6) is -0.403. The van der Waals surface area contributed by atoms with Crippen LogP contribution in [0.5, 0.6) is 0 Å². The summed E-state index contributed by atoms with van der Waals surface area (Å²) >= 11 is 6.01. The van der Waals surface area contributed by atoms with Gasteiger partial charge in [-0.15, -0.1) is 0 Å². The smallest absolute Gasteiger partial charge is 0.156 e. The predicted molar refractivity (Wildman–Crippen MR) is 133 cm³/mol. The Labute approximate surface area is 197 Å². The molecule has 7 nitrogen and oxygen atoms in total.